The third-order valence-corrected chi connectivity index (χ3v) is 2.06. The number of allylic oxidation sites excluding steroid dienone is 1. The van der Waals surface area contributed by atoms with Crippen LogP contribution in [-0.4, -0.2) is 13.1 Å². The van der Waals surface area contributed by atoms with E-state index in [1.807, 2.05) is 7.05 Å². The normalized spacial score (nSPS) is 13.5. The SMILES string of the molecule is C=C(C)CCC(NC)C(C)C. The summed E-state index contributed by atoms with van der Waals surface area (Å²) in [7, 11) is 2.03. The molecule has 0 fully saturated rings. The van der Waals surface area contributed by atoms with Crippen molar-refractivity contribution < 1.29 is 0 Å². The second kappa shape index (κ2) is 5.36. The van der Waals surface area contributed by atoms with E-state index in [2.05, 4.69) is 32.7 Å². The van der Waals surface area contributed by atoms with Crippen LogP contribution in [0.4, 0.5) is 0 Å². The highest BCUT2D eigenvalue weighted by molar-refractivity contribution is 4.89. The molecule has 0 heterocycles. The molecule has 11 heavy (non-hydrogen) atoms. The molecule has 0 radical (unpaired) electrons. The first kappa shape index (κ1) is 10.7. The van der Waals surface area contributed by atoms with E-state index in [0.717, 1.165) is 12.3 Å². The van der Waals surface area contributed by atoms with E-state index in [9.17, 15) is 0 Å². The molecule has 0 bridgehead atoms. The molecule has 0 aromatic rings. The first-order valence-electron chi connectivity index (χ1n) is 4.39. The lowest BCUT2D eigenvalue weighted by atomic mass is 9.98. The summed E-state index contributed by atoms with van der Waals surface area (Å²) in [5.74, 6) is 0.722. The fourth-order valence-electron chi connectivity index (χ4n) is 1.21. The van der Waals surface area contributed by atoms with Crippen molar-refractivity contribution in [3.8, 4) is 0 Å². The van der Waals surface area contributed by atoms with E-state index < -0.39 is 0 Å². The second-order valence-corrected chi connectivity index (χ2v) is 3.63. The fourth-order valence-corrected chi connectivity index (χ4v) is 1.21. The minimum absolute atomic E-state index is 0.645. The maximum atomic E-state index is 3.89. The number of hydrogen-bond acceptors (Lipinski definition) is 1. The van der Waals surface area contributed by atoms with Crippen LogP contribution in [0.1, 0.15) is 33.6 Å². The summed E-state index contributed by atoms with van der Waals surface area (Å²) in [6.45, 7) is 10.5. The quantitative estimate of drug-likeness (QED) is 0.602. The van der Waals surface area contributed by atoms with Crippen LogP contribution in [0.25, 0.3) is 0 Å². The highest BCUT2D eigenvalue weighted by Crippen LogP contribution is 2.10. The van der Waals surface area contributed by atoms with E-state index in [0.29, 0.717) is 6.04 Å². The van der Waals surface area contributed by atoms with Crippen LogP contribution in [0, 0.1) is 5.92 Å². The Labute approximate surface area is 70.9 Å². The van der Waals surface area contributed by atoms with Crippen molar-refractivity contribution in [2.75, 3.05) is 7.05 Å². The van der Waals surface area contributed by atoms with Crippen LogP contribution >= 0.6 is 0 Å². The molecule has 0 saturated heterocycles. The van der Waals surface area contributed by atoms with Gasteiger partial charge in [-0.3, -0.25) is 0 Å². The van der Waals surface area contributed by atoms with Gasteiger partial charge in [0.1, 0.15) is 0 Å². The topological polar surface area (TPSA) is 12.0 Å². The summed E-state index contributed by atoms with van der Waals surface area (Å²) in [5, 5.41) is 3.32. The van der Waals surface area contributed by atoms with Gasteiger partial charge in [-0.2, -0.15) is 0 Å². The summed E-state index contributed by atoms with van der Waals surface area (Å²) in [4.78, 5) is 0. The van der Waals surface area contributed by atoms with Gasteiger partial charge in [-0.05, 0) is 32.7 Å². The zero-order chi connectivity index (χ0) is 8.85. The minimum atomic E-state index is 0.645. The van der Waals surface area contributed by atoms with Gasteiger partial charge < -0.3 is 5.32 Å². The predicted molar refractivity (Wildman–Crippen MR) is 51.7 cm³/mol. The Morgan fingerprint density at radius 3 is 2.27 bits per heavy atom. The smallest absolute Gasteiger partial charge is 0.00901 e. The van der Waals surface area contributed by atoms with Gasteiger partial charge in [0, 0.05) is 6.04 Å². The molecule has 1 heteroatoms. The van der Waals surface area contributed by atoms with E-state index in [4.69, 9.17) is 0 Å². The third kappa shape index (κ3) is 5.02. The van der Waals surface area contributed by atoms with E-state index in [1.165, 1.54) is 12.0 Å². The summed E-state index contributed by atoms with van der Waals surface area (Å²) >= 11 is 0. The lowest BCUT2D eigenvalue weighted by Crippen LogP contribution is -2.30. The highest BCUT2D eigenvalue weighted by Gasteiger charge is 2.09. The molecule has 0 rings (SSSR count). The maximum absolute atomic E-state index is 3.89. The maximum Gasteiger partial charge on any atom is 0.00901 e. The lowest BCUT2D eigenvalue weighted by Gasteiger charge is -2.19. The zero-order valence-electron chi connectivity index (χ0n) is 8.28. The fraction of sp³-hybridized carbons (Fsp3) is 0.800. The summed E-state index contributed by atoms with van der Waals surface area (Å²) in [5.41, 5.74) is 1.28. The van der Waals surface area contributed by atoms with Crippen LogP contribution in [0.5, 0.6) is 0 Å². The molecular formula is C10H21N. The van der Waals surface area contributed by atoms with Crippen LogP contribution in [0.2, 0.25) is 0 Å². The highest BCUT2D eigenvalue weighted by atomic mass is 14.9. The Hall–Kier alpha value is -0.300. The average molecular weight is 155 g/mol. The van der Waals surface area contributed by atoms with Gasteiger partial charge in [-0.25, -0.2) is 0 Å². The van der Waals surface area contributed by atoms with Crippen LogP contribution in [-0.2, 0) is 0 Å². The van der Waals surface area contributed by atoms with Crippen molar-refractivity contribution in [2.24, 2.45) is 5.92 Å². The zero-order valence-corrected chi connectivity index (χ0v) is 8.28. The Kier molecular flexibility index (Phi) is 5.22. The van der Waals surface area contributed by atoms with Crippen LogP contribution in [0.15, 0.2) is 12.2 Å². The van der Waals surface area contributed by atoms with Crippen LogP contribution in [0.3, 0.4) is 0 Å². The standard InChI is InChI=1S/C10H21N/c1-8(2)6-7-10(11-5)9(3)4/h9-11H,1,6-7H2,2-5H3. The molecule has 1 nitrogen and oxygen atoms in total. The number of rotatable bonds is 5. The summed E-state index contributed by atoms with van der Waals surface area (Å²) < 4.78 is 0. The van der Waals surface area contributed by atoms with Crippen molar-refractivity contribution in [3.05, 3.63) is 12.2 Å². The van der Waals surface area contributed by atoms with Crippen molar-refractivity contribution >= 4 is 0 Å². The molecule has 0 aromatic carbocycles. The Morgan fingerprint density at radius 2 is 2.00 bits per heavy atom. The molecule has 0 spiro atoms. The van der Waals surface area contributed by atoms with Crippen molar-refractivity contribution in [1.82, 2.24) is 5.32 Å². The van der Waals surface area contributed by atoms with Gasteiger partial charge in [-0.15, -0.1) is 6.58 Å². The molecule has 0 amide bonds. The molecule has 0 aliphatic carbocycles. The molecule has 0 saturated carbocycles. The van der Waals surface area contributed by atoms with Gasteiger partial charge in [0.25, 0.3) is 0 Å². The molecule has 0 aliphatic rings. The van der Waals surface area contributed by atoms with E-state index in [1.54, 1.807) is 0 Å². The third-order valence-electron chi connectivity index (χ3n) is 2.06. The molecule has 0 aromatic heterocycles. The van der Waals surface area contributed by atoms with Crippen molar-refractivity contribution in [1.29, 1.82) is 0 Å². The van der Waals surface area contributed by atoms with Crippen molar-refractivity contribution in [2.45, 2.75) is 39.7 Å². The molecule has 0 aliphatic heterocycles. The molecular weight excluding hydrogens is 134 g/mol. The number of nitrogens with one attached hydrogen (secondary N) is 1. The summed E-state index contributed by atoms with van der Waals surface area (Å²) in [6.07, 6.45) is 2.35. The lowest BCUT2D eigenvalue weighted by molar-refractivity contribution is 0.402. The van der Waals surface area contributed by atoms with Gasteiger partial charge in [0.2, 0.25) is 0 Å². The van der Waals surface area contributed by atoms with Crippen LogP contribution < -0.4 is 5.32 Å². The minimum Gasteiger partial charge on any atom is -0.317 e. The monoisotopic (exact) mass is 155 g/mol. The average Bonchev–Trinajstić information content (AvgIpc) is 1.87. The Balaban J connectivity index is 3.61. The number of hydrogen-bond donors (Lipinski definition) is 1. The van der Waals surface area contributed by atoms with Gasteiger partial charge in [0.05, 0.1) is 0 Å². The second-order valence-electron chi connectivity index (χ2n) is 3.63. The van der Waals surface area contributed by atoms with Gasteiger partial charge in [0.15, 0.2) is 0 Å². The van der Waals surface area contributed by atoms with Gasteiger partial charge in [-0.1, -0.05) is 19.4 Å². The van der Waals surface area contributed by atoms with Crippen molar-refractivity contribution in [3.63, 3.8) is 0 Å². The Bertz CT molecular complexity index is 116. The van der Waals surface area contributed by atoms with E-state index >= 15 is 0 Å². The largest absolute Gasteiger partial charge is 0.317 e. The first-order valence-corrected chi connectivity index (χ1v) is 4.39. The molecule has 66 valence electrons. The first-order chi connectivity index (χ1) is 5.07. The predicted octanol–water partition coefficient (Wildman–Crippen LogP) is 2.59. The molecule has 1 atom stereocenters. The van der Waals surface area contributed by atoms with Gasteiger partial charge >= 0.3 is 0 Å². The summed E-state index contributed by atoms with van der Waals surface area (Å²) in [6, 6.07) is 0.645. The Morgan fingerprint density at radius 1 is 1.45 bits per heavy atom. The van der Waals surface area contributed by atoms with E-state index in [-0.39, 0.29) is 0 Å². The molecule has 1 N–H and O–H groups in total. The molecule has 1 unspecified atom stereocenters.